The molecule has 4 heteroatoms. The second-order valence-corrected chi connectivity index (χ2v) is 12.6. The Bertz CT molecular complexity index is 808. The van der Waals surface area contributed by atoms with Crippen molar-refractivity contribution in [2.45, 2.75) is 97.7 Å². The van der Waals surface area contributed by atoms with Gasteiger partial charge in [-0.2, -0.15) is 0 Å². The van der Waals surface area contributed by atoms with E-state index in [1.165, 1.54) is 44.9 Å². The van der Waals surface area contributed by atoms with Gasteiger partial charge in [-0.1, -0.05) is 25.9 Å². The molecule has 0 aromatic rings. The fourth-order valence-corrected chi connectivity index (χ4v) is 10.2. The molecule has 5 aliphatic carbocycles. The monoisotopic (exact) mass is 413 g/mol. The van der Waals surface area contributed by atoms with Crippen molar-refractivity contribution >= 4 is 11.5 Å². The van der Waals surface area contributed by atoms with E-state index in [-0.39, 0.29) is 28.3 Å². The zero-order valence-corrected chi connectivity index (χ0v) is 19.2. The van der Waals surface area contributed by atoms with Crippen LogP contribution in [-0.4, -0.2) is 28.8 Å². The van der Waals surface area contributed by atoms with Crippen molar-refractivity contribution in [1.29, 1.82) is 0 Å². The van der Waals surface area contributed by atoms with Crippen molar-refractivity contribution in [1.82, 2.24) is 0 Å². The molecule has 166 valence electrons. The number of carbonyl (C=O) groups excluding carboxylic acids is 1. The smallest absolute Gasteiger partial charge is 0.158 e. The number of aliphatic hydroxyl groups excluding tert-OH is 1. The summed E-state index contributed by atoms with van der Waals surface area (Å²) in [6, 6.07) is 0. The summed E-state index contributed by atoms with van der Waals surface area (Å²) in [5.74, 6) is 4.04. The first-order chi connectivity index (χ1) is 14.2. The molecule has 11 atom stereocenters. The highest BCUT2D eigenvalue weighted by Gasteiger charge is 2.77. The molecule has 1 heterocycles. The van der Waals surface area contributed by atoms with Crippen LogP contribution in [0.1, 0.15) is 85.5 Å². The van der Waals surface area contributed by atoms with Crippen LogP contribution in [0.2, 0.25) is 0 Å². The molecule has 0 aromatic heterocycles. The minimum atomic E-state index is -0.458. The summed E-state index contributed by atoms with van der Waals surface area (Å²) in [6.07, 6.45) is 9.71. The lowest BCUT2D eigenvalue weighted by atomic mass is 9.45. The minimum absolute atomic E-state index is 0.0844. The number of ketones is 1. The van der Waals surface area contributed by atoms with Gasteiger partial charge in [-0.15, -0.1) is 0 Å². The van der Waals surface area contributed by atoms with Crippen molar-refractivity contribution in [2.24, 2.45) is 56.9 Å². The van der Waals surface area contributed by atoms with Crippen molar-refractivity contribution in [3.63, 3.8) is 0 Å². The lowest BCUT2D eigenvalue weighted by molar-refractivity contribution is -0.153. The van der Waals surface area contributed by atoms with E-state index in [2.05, 4.69) is 25.9 Å². The van der Waals surface area contributed by atoms with Gasteiger partial charge in [0.15, 0.2) is 6.10 Å². The van der Waals surface area contributed by atoms with Crippen LogP contribution in [0, 0.1) is 51.8 Å². The molecule has 5 saturated carbocycles. The third kappa shape index (κ3) is 2.22. The first kappa shape index (κ1) is 19.8. The average molecular weight is 414 g/mol. The van der Waals surface area contributed by atoms with Gasteiger partial charge in [-0.05, 0) is 98.2 Å². The third-order valence-electron chi connectivity index (χ3n) is 11.8. The van der Waals surface area contributed by atoms with E-state index in [0.717, 1.165) is 24.5 Å². The molecular formula is C26H39NO3. The lowest BCUT2D eigenvalue weighted by Crippen LogP contribution is -2.55. The molecule has 1 aliphatic heterocycles. The fraction of sp³-hybridized carbons (Fsp3) is 0.923. The maximum Gasteiger partial charge on any atom is 0.158 e. The van der Waals surface area contributed by atoms with Crippen LogP contribution >= 0.6 is 0 Å². The summed E-state index contributed by atoms with van der Waals surface area (Å²) < 4.78 is 0. The van der Waals surface area contributed by atoms with Gasteiger partial charge in [0.05, 0.1) is 11.8 Å². The molecule has 30 heavy (non-hydrogen) atoms. The van der Waals surface area contributed by atoms with E-state index in [0.29, 0.717) is 29.5 Å². The molecule has 1 spiro atoms. The number of oxime groups is 1. The summed E-state index contributed by atoms with van der Waals surface area (Å²) >= 11 is 0. The quantitative estimate of drug-likeness (QED) is 0.709. The fourth-order valence-electron chi connectivity index (χ4n) is 10.2. The summed E-state index contributed by atoms with van der Waals surface area (Å²) in [5.41, 5.74) is 1.59. The summed E-state index contributed by atoms with van der Waals surface area (Å²) in [4.78, 5) is 19.0. The molecule has 6 aliphatic rings. The van der Waals surface area contributed by atoms with Crippen molar-refractivity contribution in [2.75, 3.05) is 0 Å². The van der Waals surface area contributed by atoms with Crippen LogP contribution in [-0.2, 0) is 9.63 Å². The molecule has 0 aromatic carbocycles. The highest BCUT2D eigenvalue weighted by Crippen LogP contribution is 2.80. The number of carbonyl (C=O) groups is 1. The van der Waals surface area contributed by atoms with Crippen LogP contribution in [0.5, 0.6) is 0 Å². The number of Topliss-reactive ketones (excluding diaryl/α,β-unsaturated/α-hetero) is 1. The Kier molecular flexibility index (Phi) is 4.03. The van der Waals surface area contributed by atoms with E-state index in [9.17, 15) is 9.90 Å². The first-order valence-corrected chi connectivity index (χ1v) is 12.6. The minimum Gasteiger partial charge on any atom is -0.389 e. The standard InChI is InChI=1S/C26H39NO3/c1-14-11-21(30-27-14)23(29)15(2)18-5-6-19-17-12-22(28)26-13-16(26)7-10-25(26,4)20(17)8-9-24(18,19)3/h15-21,23,29H,5-13H2,1-4H3/t15-,16+,17-,18+,19-,20-,21-,23-,24+,25+,26-/m0/s1. The van der Waals surface area contributed by atoms with Crippen molar-refractivity contribution < 1.29 is 14.7 Å². The van der Waals surface area contributed by atoms with Gasteiger partial charge in [-0.25, -0.2) is 0 Å². The second-order valence-electron chi connectivity index (χ2n) is 12.6. The van der Waals surface area contributed by atoms with Gasteiger partial charge in [0.2, 0.25) is 0 Å². The van der Waals surface area contributed by atoms with Gasteiger partial charge >= 0.3 is 0 Å². The Morgan fingerprint density at radius 2 is 1.90 bits per heavy atom. The van der Waals surface area contributed by atoms with Gasteiger partial charge in [0, 0.05) is 18.3 Å². The molecule has 1 N–H and O–H groups in total. The highest BCUT2D eigenvalue weighted by molar-refractivity contribution is 5.91. The van der Waals surface area contributed by atoms with Gasteiger partial charge in [0.25, 0.3) is 0 Å². The number of fused-ring (bicyclic) bond motifs is 4. The number of rotatable bonds is 3. The summed E-state index contributed by atoms with van der Waals surface area (Å²) in [6.45, 7) is 9.21. The van der Waals surface area contributed by atoms with Crippen molar-refractivity contribution in [3.05, 3.63) is 0 Å². The molecule has 0 amide bonds. The predicted octanol–water partition coefficient (Wildman–Crippen LogP) is 4.99. The average Bonchev–Trinajstić information content (AvgIpc) is 2.94. The van der Waals surface area contributed by atoms with Crippen LogP contribution < -0.4 is 0 Å². The molecule has 0 bridgehead atoms. The molecule has 0 radical (unpaired) electrons. The molecule has 4 nitrogen and oxygen atoms in total. The van der Waals surface area contributed by atoms with E-state index in [1.807, 2.05) is 6.92 Å². The van der Waals surface area contributed by atoms with E-state index < -0.39 is 6.10 Å². The lowest BCUT2D eigenvalue weighted by Gasteiger charge is -2.58. The molecule has 0 unspecified atom stereocenters. The Balaban J connectivity index is 1.25. The Labute approximate surface area is 181 Å². The Morgan fingerprint density at radius 1 is 1.10 bits per heavy atom. The normalized spacial score (nSPS) is 55.6. The zero-order valence-electron chi connectivity index (χ0n) is 19.2. The van der Waals surface area contributed by atoms with Crippen LogP contribution in [0.25, 0.3) is 0 Å². The molecule has 0 saturated heterocycles. The predicted molar refractivity (Wildman–Crippen MR) is 116 cm³/mol. The maximum atomic E-state index is 13.5. The van der Waals surface area contributed by atoms with E-state index in [4.69, 9.17) is 4.84 Å². The van der Waals surface area contributed by atoms with E-state index >= 15 is 0 Å². The topological polar surface area (TPSA) is 58.9 Å². The maximum absolute atomic E-state index is 13.5. The van der Waals surface area contributed by atoms with Gasteiger partial charge in [-0.3, -0.25) is 4.79 Å². The third-order valence-corrected chi connectivity index (χ3v) is 11.8. The molecule has 5 fully saturated rings. The van der Waals surface area contributed by atoms with Gasteiger partial charge < -0.3 is 9.94 Å². The van der Waals surface area contributed by atoms with Gasteiger partial charge in [0.1, 0.15) is 5.78 Å². The first-order valence-electron chi connectivity index (χ1n) is 12.6. The molecule has 6 rings (SSSR count). The summed E-state index contributed by atoms with van der Waals surface area (Å²) in [5, 5.41) is 15.2. The number of nitrogens with zero attached hydrogens (tertiary/aromatic N) is 1. The zero-order chi connectivity index (χ0) is 21.1. The Morgan fingerprint density at radius 3 is 2.60 bits per heavy atom. The van der Waals surface area contributed by atoms with E-state index in [1.54, 1.807) is 0 Å². The number of aliphatic hydroxyl groups is 1. The van der Waals surface area contributed by atoms with Crippen LogP contribution in [0.4, 0.5) is 0 Å². The van der Waals surface area contributed by atoms with Crippen LogP contribution in [0.15, 0.2) is 5.16 Å². The largest absolute Gasteiger partial charge is 0.389 e. The SMILES string of the molecule is CC1=NO[C@H]([C@@H](O)[C@@H](C)[C@H]2CC[C@H]3[C@@H]4CC(=O)[C@]56C[C@H]5CC[C@]6(C)[C@H]4CC[C@]23C)C1. The summed E-state index contributed by atoms with van der Waals surface area (Å²) in [7, 11) is 0. The highest BCUT2D eigenvalue weighted by atomic mass is 16.7. The van der Waals surface area contributed by atoms with Crippen molar-refractivity contribution in [3.8, 4) is 0 Å². The number of hydrogen-bond donors (Lipinski definition) is 1. The molecular weight excluding hydrogens is 374 g/mol. The van der Waals surface area contributed by atoms with Crippen LogP contribution in [0.3, 0.4) is 0 Å². The second kappa shape index (κ2) is 6.11. The number of hydrogen-bond acceptors (Lipinski definition) is 4. The Hall–Kier alpha value is -0.900.